The topological polar surface area (TPSA) is 49.3 Å². The Hall–Kier alpha value is -2.03. The second-order valence-electron chi connectivity index (χ2n) is 6.38. The van der Waals surface area contributed by atoms with Crippen molar-refractivity contribution in [3.05, 3.63) is 42.0 Å². The van der Waals surface area contributed by atoms with Gasteiger partial charge in [-0.3, -0.25) is 0 Å². The summed E-state index contributed by atoms with van der Waals surface area (Å²) in [4.78, 5) is 11.3. The lowest BCUT2D eigenvalue weighted by molar-refractivity contribution is 0.0699. The second kappa shape index (κ2) is 5.40. The fourth-order valence-electron chi connectivity index (χ4n) is 3.35. The van der Waals surface area contributed by atoms with E-state index in [9.17, 15) is 9.90 Å². The molecule has 0 aliphatic heterocycles. The highest BCUT2D eigenvalue weighted by Gasteiger charge is 2.28. The zero-order valence-corrected chi connectivity index (χ0v) is 12.4. The minimum absolute atomic E-state index is 0.364. The van der Waals surface area contributed by atoms with E-state index >= 15 is 0 Å². The van der Waals surface area contributed by atoms with E-state index in [1.54, 1.807) is 6.07 Å². The van der Waals surface area contributed by atoms with Gasteiger partial charge in [-0.15, -0.1) is 0 Å². The van der Waals surface area contributed by atoms with Crippen molar-refractivity contribution in [1.29, 1.82) is 0 Å². The number of hydrogen-bond acceptors (Lipinski definition) is 2. The van der Waals surface area contributed by atoms with Crippen LogP contribution in [0, 0.1) is 5.41 Å². The van der Waals surface area contributed by atoms with Crippen LogP contribution in [0.3, 0.4) is 0 Å². The van der Waals surface area contributed by atoms with E-state index in [0.29, 0.717) is 11.0 Å². The van der Waals surface area contributed by atoms with E-state index in [0.717, 1.165) is 23.0 Å². The van der Waals surface area contributed by atoms with Gasteiger partial charge in [-0.2, -0.15) is 0 Å². The summed E-state index contributed by atoms with van der Waals surface area (Å²) in [5.74, 6) is -0.875. The molecular formula is C18H21NO2. The summed E-state index contributed by atoms with van der Waals surface area (Å²) in [6.45, 7) is 3.28. The number of rotatable bonds is 4. The van der Waals surface area contributed by atoms with E-state index in [-0.39, 0.29) is 0 Å². The molecule has 1 aliphatic rings. The normalized spacial score (nSPS) is 17.0. The molecular weight excluding hydrogens is 262 g/mol. The zero-order valence-electron chi connectivity index (χ0n) is 12.4. The summed E-state index contributed by atoms with van der Waals surface area (Å²) < 4.78 is 0. The molecule has 21 heavy (non-hydrogen) atoms. The molecule has 0 saturated heterocycles. The Morgan fingerprint density at radius 2 is 1.81 bits per heavy atom. The van der Waals surface area contributed by atoms with Crippen LogP contribution in [0.5, 0.6) is 0 Å². The Morgan fingerprint density at radius 1 is 1.14 bits per heavy atom. The summed E-state index contributed by atoms with van der Waals surface area (Å²) in [6.07, 6.45) is 5.17. The largest absolute Gasteiger partial charge is 0.478 e. The van der Waals surface area contributed by atoms with Gasteiger partial charge < -0.3 is 10.4 Å². The zero-order chi connectivity index (χ0) is 14.9. The average molecular weight is 283 g/mol. The lowest BCUT2D eigenvalue weighted by Gasteiger charge is -2.25. The maximum atomic E-state index is 11.3. The molecule has 0 radical (unpaired) electrons. The number of carboxylic acids is 1. The second-order valence-corrected chi connectivity index (χ2v) is 6.38. The summed E-state index contributed by atoms with van der Waals surface area (Å²) in [6, 6.07) is 11.3. The van der Waals surface area contributed by atoms with Gasteiger partial charge in [0.15, 0.2) is 0 Å². The van der Waals surface area contributed by atoms with Gasteiger partial charge in [-0.05, 0) is 35.8 Å². The summed E-state index contributed by atoms with van der Waals surface area (Å²) in [5, 5.41) is 14.6. The number of carbonyl (C=O) groups is 1. The quantitative estimate of drug-likeness (QED) is 0.866. The van der Waals surface area contributed by atoms with Crippen molar-refractivity contribution < 1.29 is 9.90 Å². The van der Waals surface area contributed by atoms with E-state index in [1.807, 2.05) is 30.3 Å². The molecule has 2 N–H and O–H groups in total. The molecule has 2 aromatic rings. The monoisotopic (exact) mass is 283 g/mol. The van der Waals surface area contributed by atoms with Gasteiger partial charge in [0.05, 0.1) is 5.56 Å². The van der Waals surface area contributed by atoms with Gasteiger partial charge in [0, 0.05) is 17.6 Å². The van der Waals surface area contributed by atoms with Gasteiger partial charge in [0.25, 0.3) is 0 Å². The molecule has 3 heteroatoms. The summed E-state index contributed by atoms with van der Waals surface area (Å²) >= 11 is 0. The van der Waals surface area contributed by atoms with E-state index in [2.05, 4.69) is 12.2 Å². The Labute approximate surface area is 125 Å². The van der Waals surface area contributed by atoms with Gasteiger partial charge in [-0.1, -0.05) is 44.0 Å². The molecule has 1 aliphatic carbocycles. The number of hydrogen-bond donors (Lipinski definition) is 2. The third-order valence-electron chi connectivity index (χ3n) is 4.67. The molecule has 0 heterocycles. The van der Waals surface area contributed by atoms with Crippen molar-refractivity contribution in [2.24, 2.45) is 5.41 Å². The first-order valence-electron chi connectivity index (χ1n) is 7.58. The molecule has 0 unspecified atom stereocenters. The van der Waals surface area contributed by atoms with Crippen molar-refractivity contribution in [1.82, 2.24) is 0 Å². The van der Waals surface area contributed by atoms with Crippen LogP contribution in [-0.4, -0.2) is 17.6 Å². The molecule has 1 saturated carbocycles. The van der Waals surface area contributed by atoms with Crippen LogP contribution in [0.2, 0.25) is 0 Å². The fraction of sp³-hybridized carbons (Fsp3) is 0.389. The predicted molar refractivity (Wildman–Crippen MR) is 86.0 cm³/mol. The Bertz CT molecular complexity index is 672. The number of nitrogens with one attached hydrogen (secondary N) is 1. The molecule has 3 rings (SSSR count). The third-order valence-corrected chi connectivity index (χ3v) is 4.67. The Morgan fingerprint density at radius 3 is 2.48 bits per heavy atom. The van der Waals surface area contributed by atoms with Crippen molar-refractivity contribution in [3.8, 4) is 0 Å². The van der Waals surface area contributed by atoms with E-state index < -0.39 is 5.97 Å². The van der Waals surface area contributed by atoms with E-state index in [1.165, 1.54) is 25.7 Å². The highest BCUT2D eigenvalue weighted by atomic mass is 16.4. The van der Waals surface area contributed by atoms with E-state index in [4.69, 9.17) is 0 Å². The number of aromatic carboxylic acids is 1. The average Bonchev–Trinajstić information content (AvgIpc) is 2.91. The lowest BCUT2D eigenvalue weighted by atomic mass is 9.88. The first-order valence-corrected chi connectivity index (χ1v) is 7.58. The molecule has 0 atom stereocenters. The van der Waals surface area contributed by atoms with Crippen molar-refractivity contribution in [3.63, 3.8) is 0 Å². The minimum atomic E-state index is -0.875. The molecule has 110 valence electrons. The first-order chi connectivity index (χ1) is 10.1. The van der Waals surface area contributed by atoms with Gasteiger partial charge in [0.1, 0.15) is 0 Å². The maximum Gasteiger partial charge on any atom is 0.336 e. The SMILES string of the molecule is CC1(CNc2ccc(C(=O)O)c3ccccc23)CCCC1. The predicted octanol–water partition coefficient (Wildman–Crippen LogP) is 4.53. The van der Waals surface area contributed by atoms with Crippen LogP contribution in [0.1, 0.15) is 43.0 Å². The number of benzene rings is 2. The minimum Gasteiger partial charge on any atom is -0.478 e. The number of anilines is 1. The maximum absolute atomic E-state index is 11.3. The van der Waals surface area contributed by atoms with Crippen LogP contribution in [0.25, 0.3) is 10.8 Å². The van der Waals surface area contributed by atoms with Crippen LogP contribution >= 0.6 is 0 Å². The summed E-state index contributed by atoms with van der Waals surface area (Å²) in [5.41, 5.74) is 1.76. The van der Waals surface area contributed by atoms with Gasteiger partial charge >= 0.3 is 5.97 Å². The summed E-state index contributed by atoms with van der Waals surface area (Å²) in [7, 11) is 0. The number of fused-ring (bicyclic) bond motifs is 1. The molecule has 0 spiro atoms. The molecule has 1 fully saturated rings. The third kappa shape index (κ3) is 2.73. The van der Waals surface area contributed by atoms with Gasteiger partial charge in [-0.25, -0.2) is 4.79 Å². The van der Waals surface area contributed by atoms with Crippen LogP contribution < -0.4 is 5.32 Å². The molecule has 3 nitrogen and oxygen atoms in total. The highest BCUT2D eigenvalue weighted by molar-refractivity contribution is 6.07. The fourth-order valence-corrected chi connectivity index (χ4v) is 3.35. The van der Waals surface area contributed by atoms with Crippen LogP contribution in [0.15, 0.2) is 36.4 Å². The van der Waals surface area contributed by atoms with Crippen molar-refractivity contribution >= 4 is 22.4 Å². The molecule has 0 amide bonds. The molecule has 0 aromatic heterocycles. The first kappa shape index (κ1) is 13.9. The molecule has 0 bridgehead atoms. The Balaban J connectivity index is 1.92. The molecule has 2 aromatic carbocycles. The highest BCUT2D eigenvalue weighted by Crippen LogP contribution is 2.38. The van der Waals surface area contributed by atoms with Crippen LogP contribution in [0.4, 0.5) is 5.69 Å². The Kier molecular flexibility index (Phi) is 3.58. The standard InChI is InChI=1S/C18H21NO2/c1-18(10-4-5-11-18)12-19-16-9-8-15(17(20)21)13-6-2-3-7-14(13)16/h2-3,6-9,19H,4-5,10-12H2,1H3,(H,20,21). The van der Waals surface area contributed by atoms with Crippen molar-refractivity contribution in [2.45, 2.75) is 32.6 Å². The van der Waals surface area contributed by atoms with Crippen molar-refractivity contribution in [2.75, 3.05) is 11.9 Å². The smallest absolute Gasteiger partial charge is 0.336 e. The van der Waals surface area contributed by atoms with Crippen LogP contribution in [-0.2, 0) is 0 Å². The number of carboxylic acid groups (broad SMARTS) is 1. The van der Waals surface area contributed by atoms with Gasteiger partial charge in [0.2, 0.25) is 0 Å². The lowest BCUT2D eigenvalue weighted by Crippen LogP contribution is -2.23.